The molecule has 3 aromatic rings. The normalized spacial score (nSPS) is 13.8. The van der Waals surface area contributed by atoms with Gasteiger partial charge in [-0.25, -0.2) is 17.5 Å². The number of fused-ring (bicyclic) bond motifs is 1. The number of rotatable bonds is 5. The summed E-state index contributed by atoms with van der Waals surface area (Å²) in [5.41, 5.74) is 3.02. The van der Waals surface area contributed by atoms with Crippen LogP contribution in [-0.2, 0) is 22.9 Å². The highest BCUT2D eigenvalue weighted by atomic mass is 35.5. The molecule has 0 bridgehead atoms. The number of nitrogens with zero attached hydrogens (tertiary/aromatic N) is 2. The molecule has 0 fully saturated rings. The highest BCUT2D eigenvalue weighted by Crippen LogP contribution is 2.28. The van der Waals surface area contributed by atoms with Gasteiger partial charge in [0.05, 0.1) is 17.6 Å². The predicted octanol–water partition coefficient (Wildman–Crippen LogP) is 4.56. The smallest absolute Gasteiger partial charge is 0.276 e. The third-order valence-electron chi connectivity index (χ3n) is 5.24. The zero-order chi connectivity index (χ0) is 22.9. The van der Waals surface area contributed by atoms with Gasteiger partial charge in [-0.2, -0.15) is 5.10 Å². The van der Waals surface area contributed by atoms with Crippen LogP contribution < -0.4 is 10.0 Å². The van der Waals surface area contributed by atoms with Crippen LogP contribution in [0.25, 0.3) is 5.69 Å². The zero-order valence-corrected chi connectivity index (χ0v) is 18.9. The topological polar surface area (TPSA) is 93.1 Å². The van der Waals surface area contributed by atoms with E-state index in [4.69, 9.17) is 11.6 Å². The minimum atomic E-state index is -3.67. The van der Waals surface area contributed by atoms with Crippen molar-refractivity contribution >= 4 is 38.9 Å². The number of aromatic nitrogens is 2. The highest BCUT2D eigenvalue weighted by molar-refractivity contribution is 7.92. The first kappa shape index (κ1) is 22.3. The summed E-state index contributed by atoms with van der Waals surface area (Å²) < 4.78 is 40.8. The Morgan fingerprint density at radius 3 is 2.53 bits per heavy atom. The first-order chi connectivity index (χ1) is 15.2. The average molecular weight is 477 g/mol. The second-order valence-corrected chi connectivity index (χ2v) is 9.93. The molecular formula is C22H22ClFN4O3S. The van der Waals surface area contributed by atoms with Gasteiger partial charge in [0.25, 0.3) is 5.91 Å². The molecule has 32 heavy (non-hydrogen) atoms. The quantitative estimate of drug-likeness (QED) is 0.528. The lowest BCUT2D eigenvalue weighted by atomic mass is 10.1. The van der Waals surface area contributed by atoms with Crippen LogP contribution in [0, 0.1) is 5.82 Å². The van der Waals surface area contributed by atoms with Crippen molar-refractivity contribution < 1.29 is 17.6 Å². The van der Waals surface area contributed by atoms with Crippen LogP contribution in [0.15, 0.2) is 42.5 Å². The summed E-state index contributed by atoms with van der Waals surface area (Å²) in [6.07, 6.45) is 5.49. The van der Waals surface area contributed by atoms with E-state index in [1.54, 1.807) is 16.8 Å². The van der Waals surface area contributed by atoms with E-state index < -0.39 is 21.7 Å². The Labute approximate surface area is 190 Å². The predicted molar refractivity (Wildman–Crippen MR) is 123 cm³/mol. The highest BCUT2D eigenvalue weighted by Gasteiger charge is 2.25. The molecule has 10 heteroatoms. The van der Waals surface area contributed by atoms with Crippen molar-refractivity contribution in [3.8, 4) is 5.69 Å². The number of halogens is 2. The number of sulfonamides is 1. The van der Waals surface area contributed by atoms with Gasteiger partial charge in [-0.15, -0.1) is 0 Å². The van der Waals surface area contributed by atoms with Gasteiger partial charge >= 0.3 is 0 Å². The molecule has 1 heterocycles. The summed E-state index contributed by atoms with van der Waals surface area (Å²) in [4.78, 5) is 13.1. The maximum absolute atomic E-state index is 14.0. The average Bonchev–Trinajstić information content (AvgIpc) is 2.91. The number of amides is 1. The van der Waals surface area contributed by atoms with E-state index in [9.17, 15) is 17.6 Å². The van der Waals surface area contributed by atoms with Crippen molar-refractivity contribution in [2.24, 2.45) is 0 Å². The molecule has 0 radical (unpaired) electrons. The van der Waals surface area contributed by atoms with Gasteiger partial charge in [0.2, 0.25) is 10.0 Å². The standard InChI is InChI=1S/C22H22ClFN4O3S/c1-32(30,31)27-19-13-15(9-12-18(19)24)25-22(29)21-17-5-3-2-4-6-20(17)28(26-21)16-10-7-14(23)8-11-16/h7-13,27H,2-6H2,1H3,(H,25,29). The van der Waals surface area contributed by atoms with Crippen molar-refractivity contribution in [3.05, 3.63) is 70.3 Å². The number of hydrogen-bond acceptors (Lipinski definition) is 4. The summed E-state index contributed by atoms with van der Waals surface area (Å²) >= 11 is 6.02. The van der Waals surface area contributed by atoms with Crippen LogP contribution in [0.1, 0.15) is 41.0 Å². The molecule has 0 saturated heterocycles. The third-order valence-corrected chi connectivity index (χ3v) is 6.08. The zero-order valence-electron chi connectivity index (χ0n) is 17.4. The van der Waals surface area contributed by atoms with Crippen LogP contribution in [0.3, 0.4) is 0 Å². The fraction of sp³-hybridized carbons (Fsp3) is 0.273. The maximum Gasteiger partial charge on any atom is 0.276 e. The number of hydrogen-bond donors (Lipinski definition) is 2. The molecule has 0 saturated carbocycles. The summed E-state index contributed by atoms with van der Waals surface area (Å²) in [5.74, 6) is -1.18. The van der Waals surface area contributed by atoms with E-state index in [-0.39, 0.29) is 11.4 Å². The van der Waals surface area contributed by atoms with Crippen molar-refractivity contribution in [2.45, 2.75) is 32.1 Å². The van der Waals surface area contributed by atoms with Gasteiger partial charge in [-0.3, -0.25) is 9.52 Å². The van der Waals surface area contributed by atoms with E-state index in [0.29, 0.717) is 10.7 Å². The number of nitrogens with one attached hydrogen (secondary N) is 2. The van der Waals surface area contributed by atoms with Gasteiger partial charge in [-0.1, -0.05) is 18.0 Å². The number of carbonyl (C=O) groups excluding carboxylic acids is 1. The van der Waals surface area contributed by atoms with Gasteiger partial charge in [0.15, 0.2) is 5.69 Å². The van der Waals surface area contributed by atoms with Crippen LogP contribution in [-0.4, -0.2) is 30.4 Å². The molecule has 168 valence electrons. The van der Waals surface area contributed by atoms with Gasteiger partial charge in [-0.05, 0) is 68.1 Å². The number of anilines is 2. The lowest BCUT2D eigenvalue weighted by Gasteiger charge is -2.09. The molecule has 0 aliphatic heterocycles. The monoisotopic (exact) mass is 476 g/mol. The maximum atomic E-state index is 14.0. The molecule has 2 N–H and O–H groups in total. The van der Waals surface area contributed by atoms with E-state index >= 15 is 0 Å². The van der Waals surface area contributed by atoms with E-state index in [0.717, 1.165) is 61.4 Å². The Balaban J connectivity index is 1.68. The number of carbonyl (C=O) groups is 1. The van der Waals surface area contributed by atoms with Gasteiger partial charge in [0.1, 0.15) is 5.82 Å². The lowest BCUT2D eigenvalue weighted by molar-refractivity contribution is 0.102. The van der Waals surface area contributed by atoms with Gasteiger partial charge in [0, 0.05) is 22.0 Å². The largest absolute Gasteiger partial charge is 0.321 e. The molecule has 0 unspecified atom stereocenters. The molecule has 2 aromatic carbocycles. The Hall–Kier alpha value is -2.91. The Kier molecular flexibility index (Phi) is 6.21. The van der Waals surface area contributed by atoms with E-state index in [1.807, 2.05) is 12.1 Å². The van der Waals surface area contributed by atoms with Crippen molar-refractivity contribution in [1.29, 1.82) is 0 Å². The third kappa shape index (κ3) is 4.94. The first-order valence-electron chi connectivity index (χ1n) is 10.2. The van der Waals surface area contributed by atoms with Crippen molar-refractivity contribution in [2.75, 3.05) is 16.3 Å². The molecule has 0 atom stereocenters. The second kappa shape index (κ2) is 8.91. The molecular weight excluding hydrogens is 455 g/mol. The molecule has 1 aromatic heterocycles. The SMILES string of the molecule is CS(=O)(=O)Nc1cc(NC(=O)c2nn(-c3ccc(Cl)cc3)c3c2CCCCC3)ccc1F. The van der Waals surface area contributed by atoms with Crippen molar-refractivity contribution in [3.63, 3.8) is 0 Å². The van der Waals surface area contributed by atoms with Crippen LogP contribution in [0.2, 0.25) is 5.02 Å². The molecule has 0 spiro atoms. The summed E-state index contributed by atoms with van der Waals surface area (Å²) in [6, 6.07) is 11.0. The Bertz CT molecular complexity index is 1270. The van der Waals surface area contributed by atoms with E-state index in [2.05, 4.69) is 15.1 Å². The second-order valence-electron chi connectivity index (χ2n) is 7.75. The fourth-order valence-electron chi connectivity index (χ4n) is 3.83. The summed E-state index contributed by atoms with van der Waals surface area (Å²) in [5, 5.41) is 7.93. The van der Waals surface area contributed by atoms with E-state index in [1.165, 1.54) is 12.1 Å². The lowest BCUT2D eigenvalue weighted by Crippen LogP contribution is -2.16. The van der Waals surface area contributed by atoms with Crippen LogP contribution in [0.5, 0.6) is 0 Å². The fourth-order valence-corrected chi connectivity index (χ4v) is 4.51. The van der Waals surface area contributed by atoms with Gasteiger partial charge < -0.3 is 5.32 Å². The van der Waals surface area contributed by atoms with Crippen LogP contribution in [0.4, 0.5) is 15.8 Å². The molecule has 4 rings (SSSR count). The first-order valence-corrected chi connectivity index (χ1v) is 12.4. The van der Waals surface area contributed by atoms with Crippen LogP contribution >= 0.6 is 11.6 Å². The number of benzene rings is 2. The Morgan fingerprint density at radius 1 is 1.09 bits per heavy atom. The Morgan fingerprint density at radius 2 is 1.81 bits per heavy atom. The summed E-state index contributed by atoms with van der Waals surface area (Å²) in [7, 11) is -3.67. The van der Waals surface area contributed by atoms with Crippen molar-refractivity contribution in [1.82, 2.24) is 9.78 Å². The molecule has 7 nitrogen and oxygen atoms in total. The minimum absolute atomic E-state index is 0.240. The molecule has 1 aliphatic rings. The molecule has 1 aliphatic carbocycles. The summed E-state index contributed by atoms with van der Waals surface area (Å²) in [6.45, 7) is 0. The molecule has 1 amide bonds. The minimum Gasteiger partial charge on any atom is -0.321 e.